The van der Waals surface area contributed by atoms with E-state index < -0.39 is 11.9 Å². The van der Waals surface area contributed by atoms with Gasteiger partial charge in [0.25, 0.3) is 0 Å². The second-order valence-electron chi connectivity index (χ2n) is 3.32. The second kappa shape index (κ2) is 3.76. The van der Waals surface area contributed by atoms with Crippen LogP contribution in [0.1, 0.15) is 6.42 Å². The van der Waals surface area contributed by atoms with Crippen molar-refractivity contribution in [2.45, 2.75) is 6.42 Å². The Kier molecular flexibility index (Phi) is 2.45. The van der Waals surface area contributed by atoms with Gasteiger partial charge in [-0.2, -0.15) is 0 Å². The summed E-state index contributed by atoms with van der Waals surface area (Å²) in [5.41, 5.74) is 6.37. The van der Waals surface area contributed by atoms with E-state index in [4.69, 9.17) is 10.5 Å². The molecule has 2 N–H and O–H groups in total. The SMILES string of the molecule is Nc1cc(F)ccc1N1CCCOC1=O. The van der Waals surface area contributed by atoms with Gasteiger partial charge in [0.05, 0.1) is 18.0 Å². The number of hydrogen-bond acceptors (Lipinski definition) is 3. The molecule has 1 aliphatic heterocycles. The summed E-state index contributed by atoms with van der Waals surface area (Å²) >= 11 is 0. The summed E-state index contributed by atoms with van der Waals surface area (Å²) < 4.78 is 17.7. The third-order valence-electron chi connectivity index (χ3n) is 2.25. The zero-order chi connectivity index (χ0) is 10.8. The molecule has 0 bridgehead atoms. The Morgan fingerprint density at radius 3 is 2.93 bits per heavy atom. The van der Waals surface area contributed by atoms with Gasteiger partial charge in [-0.25, -0.2) is 9.18 Å². The molecule has 0 aliphatic carbocycles. The number of hydrogen-bond donors (Lipinski definition) is 1. The molecule has 2 rings (SSSR count). The Bertz CT molecular complexity index is 395. The molecular weight excluding hydrogens is 199 g/mol. The van der Waals surface area contributed by atoms with Crippen molar-refractivity contribution in [1.82, 2.24) is 0 Å². The lowest BCUT2D eigenvalue weighted by Crippen LogP contribution is -2.38. The molecule has 0 aromatic heterocycles. The number of nitrogen functional groups attached to an aromatic ring is 1. The Morgan fingerprint density at radius 2 is 2.27 bits per heavy atom. The number of carbonyl (C=O) groups excluding carboxylic acids is 1. The molecule has 1 aromatic carbocycles. The minimum atomic E-state index is -0.431. The third kappa shape index (κ3) is 1.86. The molecule has 1 fully saturated rings. The topological polar surface area (TPSA) is 55.6 Å². The minimum absolute atomic E-state index is 0.244. The molecule has 1 amide bonds. The zero-order valence-electron chi connectivity index (χ0n) is 8.07. The standard InChI is InChI=1S/C10H11FN2O2/c11-7-2-3-9(8(12)6-7)13-4-1-5-15-10(13)14/h2-3,6H,1,4-5,12H2. The van der Waals surface area contributed by atoms with Crippen molar-refractivity contribution in [1.29, 1.82) is 0 Å². The van der Waals surface area contributed by atoms with Crippen molar-refractivity contribution in [3.05, 3.63) is 24.0 Å². The highest BCUT2D eigenvalue weighted by Crippen LogP contribution is 2.26. The fourth-order valence-corrected chi connectivity index (χ4v) is 1.54. The van der Waals surface area contributed by atoms with Crippen LogP contribution in [0.25, 0.3) is 0 Å². The van der Waals surface area contributed by atoms with Crippen LogP contribution in [0.3, 0.4) is 0 Å². The molecule has 0 radical (unpaired) electrons. The van der Waals surface area contributed by atoms with E-state index in [1.165, 1.54) is 23.1 Å². The number of benzene rings is 1. The molecule has 4 nitrogen and oxygen atoms in total. The molecule has 1 heterocycles. The monoisotopic (exact) mass is 210 g/mol. The fraction of sp³-hybridized carbons (Fsp3) is 0.300. The number of ether oxygens (including phenoxy) is 1. The van der Waals surface area contributed by atoms with E-state index in [-0.39, 0.29) is 5.69 Å². The number of nitrogens with two attached hydrogens (primary N) is 1. The highest BCUT2D eigenvalue weighted by atomic mass is 19.1. The maximum Gasteiger partial charge on any atom is 0.414 e. The average molecular weight is 210 g/mol. The number of anilines is 2. The summed E-state index contributed by atoms with van der Waals surface area (Å²) in [5.74, 6) is -0.415. The quantitative estimate of drug-likeness (QED) is 0.718. The zero-order valence-corrected chi connectivity index (χ0v) is 8.07. The first-order chi connectivity index (χ1) is 7.18. The van der Waals surface area contributed by atoms with Crippen LogP contribution < -0.4 is 10.6 Å². The number of cyclic esters (lactones) is 1. The van der Waals surface area contributed by atoms with Crippen LogP contribution in [0.2, 0.25) is 0 Å². The smallest absolute Gasteiger partial charge is 0.414 e. The van der Waals surface area contributed by atoms with E-state index in [1.807, 2.05) is 0 Å². The van der Waals surface area contributed by atoms with Gasteiger partial charge in [0.15, 0.2) is 0 Å². The van der Waals surface area contributed by atoms with Crippen LogP contribution in [0.5, 0.6) is 0 Å². The lowest BCUT2D eigenvalue weighted by atomic mass is 10.2. The van der Waals surface area contributed by atoms with Gasteiger partial charge in [-0.1, -0.05) is 0 Å². The van der Waals surface area contributed by atoms with Crippen molar-refractivity contribution in [2.75, 3.05) is 23.8 Å². The molecule has 80 valence electrons. The fourth-order valence-electron chi connectivity index (χ4n) is 1.54. The van der Waals surface area contributed by atoms with Crippen LogP contribution >= 0.6 is 0 Å². The predicted octanol–water partition coefficient (Wildman–Crippen LogP) is 1.75. The molecular formula is C10H11FN2O2. The van der Waals surface area contributed by atoms with E-state index in [1.54, 1.807) is 0 Å². The molecule has 1 saturated heterocycles. The summed E-state index contributed by atoms with van der Waals surface area (Å²) in [6.07, 6.45) is 0.322. The van der Waals surface area contributed by atoms with Crippen molar-refractivity contribution < 1.29 is 13.9 Å². The maximum atomic E-state index is 12.8. The predicted molar refractivity (Wildman–Crippen MR) is 54.1 cm³/mol. The van der Waals surface area contributed by atoms with Gasteiger partial charge < -0.3 is 10.5 Å². The number of carbonyl (C=O) groups is 1. The normalized spacial score (nSPS) is 16.3. The summed E-state index contributed by atoms with van der Waals surface area (Å²) in [6.45, 7) is 0.977. The van der Waals surface area contributed by atoms with E-state index in [9.17, 15) is 9.18 Å². The first-order valence-corrected chi connectivity index (χ1v) is 4.68. The lowest BCUT2D eigenvalue weighted by molar-refractivity contribution is 0.140. The first-order valence-electron chi connectivity index (χ1n) is 4.68. The summed E-state index contributed by atoms with van der Waals surface area (Å²) in [4.78, 5) is 12.8. The van der Waals surface area contributed by atoms with Crippen LogP contribution in [0.15, 0.2) is 18.2 Å². The minimum Gasteiger partial charge on any atom is -0.449 e. The van der Waals surface area contributed by atoms with Gasteiger partial charge in [0.1, 0.15) is 5.82 Å². The Morgan fingerprint density at radius 1 is 1.47 bits per heavy atom. The highest BCUT2D eigenvalue weighted by molar-refractivity contribution is 5.92. The summed E-state index contributed by atoms with van der Waals surface area (Å²) in [6, 6.07) is 3.95. The van der Waals surface area contributed by atoms with Crippen LogP contribution in [-0.2, 0) is 4.74 Å². The third-order valence-corrected chi connectivity index (χ3v) is 2.25. The van der Waals surface area contributed by atoms with Gasteiger partial charge in [0.2, 0.25) is 0 Å². The van der Waals surface area contributed by atoms with Crippen molar-refractivity contribution in [2.24, 2.45) is 0 Å². The number of rotatable bonds is 1. The second-order valence-corrected chi connectivity index (χ2v) is 3.32. The molecule has 5 heteroatoms. The molecule has 0 atom stereocenters. The number of halogens is 1. The van der Waals surface area contributed by atoms with E-state index in [2.05, 4.69) is 0 Å². The van der Waals surface area contributed by atoms with Gasteiger partial charge in [-0.15, -0.1) is 0 Å². The van der Waals surface area contributed by atoms with Gasteiger partial charge in [0, 0.05) is 6.54 Å². The van der Waals surface area contributed by atoms with Crippen LogP contribution in [0.4, 0.5) is 20.6 Å². The first kappa shape index (κ1) is 9.76. The summed E-state index contributed by atoms with van der Waals surface area (Å²) in [7, 11) is 0. The Labute approximate surface area is 86.4 Å². The van der Waals surface area contributed by atoms with E-state index in [0.717, 1.165) is 6.42 Å². The lowest BCUT2D eigenvalue weighted by Gasteiger charge is -2.27. The molecule has 1 aliphatic rings. The van der Waals surface area contributed by atoms with Gasteiger partial charge in [-0.05, 0) is 24.6 Å². The molecule has 15 heavy (non-hydrogen) atoms. The molecule has 0 unspecified atom stereocenters. The molecule has 0 spiro atoms. The van der Waals surface area contributed by atoms with Gasteiger partial charge >= 0.3 is 6.09 Å². The summed E-state index contributed by atoms with van der Waals surface area (Å²) in [5, 5.41) is 0. The van der Waals surface area contributed by atoms with Crippen LogP contribution in [0, 0.1) is 5.82 Å². The van der Waals surface area contributed by atoms with Crippen molar-refractivity contribution in [3.8, 4) is 0 Å². The van der Waals surface area contributed by atoms with Crippen molar-refractivity contribution in [3.63, 3.8) is 0 Å². The Balaban J connectivity index is 2.31. The van der Waals surface area contributed by atoms with Crippen LogP contribution in [-0.4, -0.2) is 19.2 Å². The van der Waals surface area contributed by atoms with Gasteiger partial charge in [-0.3, -0.25) is 4.90 Å². The highest BCUT2D eigenvalue weighted by Gasteiger charge is 2.22. The largest absolute Gasteiger partial charge is 0.449 e. The maximum absolute atomic E-state index is 12.8. The molecule has 1 aromatic rings. The van der Waals surface area contributed by atoms with E-state index in [0.29, 0.717) is 18.8 Å². The van der Waals surface area contributed by atoms with Crippen molar-refractivity contribution >= 4 is 17.5 Å². The molecule has 0 saturated carbocycles. The average Bonchev–Trinajstić information content (AvgIpc) is 2.20. The number of amides is 1. The van der Waals surface area contributed by atoms with E-state index >= 15 is 0 Å². The Hall–Kier alpha value is -1.78. The number of nitrogens with zero attached hydrogens (tertiary/aromatic N) is 1.